The van der Waals surface area contributed by atoms with Crippen LogP contribution >= 0.6 is 0 Å². The number of aromatic nitrogens is 3. The molecule has 204 valence electrons. The van der Waals surface area contributed by atoms with Crippen molar-refractivity contribution in [1.82, 2.24) is 14.8 Å². The van der Waals surface area contributed by atoms with Gasteiger partial charge in [0.05, 0.1) is 30.1 Å². The van der Waals surface area contributed by atoms with E-state index in [-0.39, 0.29) is 5.69 Å². The Kier molecular flexibility index (Phi) is 7.12. The van der Waals surface area contributed by atoms with Crippen molar-refractivity contribution in [2.45, 2.75) is 71.4 Å². The minimum Gasteiger partial charge on any atom is -0.493 e. The number of carboxylic acids is 1. The van der Waals surface area contributed by atoms with Crippen molar-refractivity contribution in [2.24, 2.45) is 0 Å². The predicted octanol–water partition coefficient (Wildman–Crippen LogP) is 6.38. The number of fused-ring (bicyclic) bond motifs is 3. The fraction of sp³-hybridized carbons (Fsp3) is 0.419. The lowest BCUT2D eigenvalue weighted by Crippen LogP contribution is -2.12. The molecule has 2 N–H and O–H groups in total. The van der Waals surface area contributed by atoms with Gasteiger partial charge in [-0.3, -0.25) is 5.10 Å². The van der Waals surface area contributed by atoms with Gasteiger partial charge < -0.3 is 19.1 Å². The topological polar surface area (TPSA) is 89.4 Å². The first-order chi connectivity index (χ1) is 19.0. The average Bonchev–Trinajstić information content (AvgIpc) is 3.44. The fourth-order valence-electron chi connectivity index (χ4n) is 6.33. The molecule has 39 heavy (non-hydrogen) atoms. The summed E-state index contributed by atoms with van der Waals surface area (Å²) in [5.41, 5.74) is 6.66. The van der Waals surface area contributed by atoms with Crippen molar-refractivity contribution >= 4 is 16.9 Å². The van der Waals surface area contributed by atoms with E-state index in [1.807, 2.05) is 13.0 Å². The van der Waals surface area contributed by atoms with Crippen molar-refractivity contribution in [2.75, 3.05) is 13.2 Å². The molecule has 1 aliphatic heterocycles. The van der Waals surface area contributed by atoms with Crippen LogP contribution < -0.4 is 4.74 Å². The smallest absolute Gasteiger partial charge is 0.352 e. The summed E-state index contributed by atoms with van der Waals surface area (Å²) < 4.78 is 29.5. The quantitative estimate of drug-likeness (QED) is 0.282. The third-order valence-corrected chi connectivity index (χ3v) is 8.10. The van der Waals surface area contributed by atoms with E-state index in [0.717, 1.165) is 42.4 Å². The van der Waals surface area contributed by atoms with Gasteiger partial charge in [0, 0.05) is 29.7 Å². The molecule has 8 heteroatoms. The predicted molar refractivity (Wildman–Crippen MR) is 147 cm³/mol. The van der Waals surface area contributed by atoms with Gasteiger partial charge in [-0.15, -0.1) is 0 Å². The van der Waals surface area contributed by atoms with E-state index in [2.05, 4.69) is 22.3 Å². The molecule has 0 saturated carbocycles. The second-order valence-electron chi connectivity index (χ2n) is 10.6. The maximum Gasteiger partial charge on any atom is 0.352 e. The van der Waals surface area contributed by atoms with E-state index in [4.69, 9.17) is 9.47 Å². The summed E-state index contributed by atoms with van der Waals surface area (Å²) in [6.45, 7) is 3.62. The van der Waals surface area contributed by atoms with Crippen LogP contribution in [-0.2, 0) is 37.2 Å². The maximum atomic E-state index is 15.6. The number of aromatic carboxylic acids is 1. The molecule has 0 saturated heterocycles. The van der Waals surface area contributed by atoms with E-state index in [0.29, 0.717) is 67.2 Å². The summed E-state index contributed by atoms with van der Waals surface area (Å²) in [5, 5.41) is 18.5. The number of nitrogens with zero attached hydrogens (tertiary/aromatic N) is 2. The Balaban J connectivity index is 1.39. The summed E-state index contributed by atoms with van der Waals surface area (Å²) in [6.07, 6.45) is 7.20. The average molecular weight is 532 g/mol. The maximum absolute atomic E-state index is 15.6. The number of benzene rings is 2. The Labute approximate surface area is 226 Å². The first kappa shape index (κ1) is 25.6. The van der Waals surface area contributed by atoms with Gasteiger partial charge in [0.15, 0.2) is 0 Å². The van der Waals surface area contributed by atoms with Crippen LogP contribution in [0.25, 0.3) is 22.0 Å². The molecule has 0 spiro atoms. The van der Waals surface area contributed by atoms with Crippen LogP contribution in [0.15, 0.2) is 30.3 Å². The van der Waals surface area contributed by atoms with Crippen molar-refractivity contribution < 1.29 is 23.8 Å². The Morgan fingerprint density at radius 2 is 2.03 bits per heavy atom. The van der Waals surface area contributed by atoms with Gasteiger partial charge in [-0.05, 0) is 93.2 Å². The second-order valence-corrected chi connectivity index (χ2v) is 10.6. The summed E-state index contributed by atoms with van der Waals surface area (Å²) >= 11 is 0. The molecule has 7 nitrogen and oxygen atoms in total. The number of ether oxygens (including phenoxy) is 2. The molecule has 1 aliphatic carbocycles. The summed E-state index contributed by atoms with van der Waals surface area (Å²) in [4.78, 5) is 12.7. The highest BCUT2D eigenvalue weighted by molar-refractivity contribution is 6.04. The molecular formula is C31H34FN3O4. The van der Waals surface area contributed by atoms with E-state index < -0.39 is 11.8 Å². The lowest BCUT2D eigenvalue weighted by Gasteiger charge is -2.19. The van der Waals surface area contributed by atoms with Crippen LogP contribution in [0.5, 0.6) is 5.75 Å². The molecule has 2 aromatic heterocycles. The SMILES string of the molecule is Cc1n[nH]c2c1-c1c(F)ccc3c(CCCOc4cccc5c4CCCC5)c(C(=O)O)n(c13)CCCCOC2. The molecule has 0 bridgehead atoms. The molecule has 0 fully saturated rings. The van der Waals surface area contributed by atoms with Gasteiger partial charge in [0.2, 0.25) is 0 Å². The van der Waals surface area contributed by atoms with Crippen molar-refractivity contribution in [3.05, 3.63) is 69.9 Å². The van der Waals surface area contributed by atoms with Crippen LogP contribution in [0.3, 0.4) is 0 Å². The summed E-state index contributed by atoms with van der Waals surface area (Å²) in [7, 11) is 0. The molecule has 6 rings (SSSR count). The van der Waals surface area contributed by atoms with E-state index in [9.17, 15) is 9.90 Å². The number of hydrogen-bond acceptors (Lipinski definition) is 4. The number of halogens is 1. The number of carboxylic acid groups (broad SMARTS) is 1. The van der Waals surface area contributed by atoms with Gasteiger partial charge >= 0.3 is 5.97 Å². The molecule has 4 aromatic rings. The van der Waals surface area contributed by atoms with Crippen molar-refractivity contribution in [1.29, 1.82) is 0 Å². The number of aromatic amines is 1. The third kappa shape index (κ3) is 4.71. The molecule has 3 heterocycles. The number of aryl methyl sites for hydroxylation is 4. The van der Waals surface area contributed by atoms with Crippen molar-refractivity contribution in [3.8, 4) is 16.9 Å². The lowest BCUT2D eigenvalue weighted by atomic mass is 9.91. The highest BCUT2D eigenvalue weighted by atomic mass is 19.1. The molecule has 0 radical (unpaired) electrons. The number of H-pyrrole nitrogens is 1. The molecule has 2 aromatic carbocycles. The molecule has 0 unspecified atom stereocenters. The zero-order chi connectivity index (χ0) is 26.9. The normalized spacial score (nSPS) is 15.4. The Hall–Kier alpha value is -3.65. The standard InChI is InChI=1S/C31H34FN3O4/c1-19-27-25(34-33-19)18-38-16-5-4-15-35-29-23(13-14-24(32)28(27)29)22(30(35)31(36)37)11-7-17-39-26-12-6-9-20-8-2-3-10-21(20)26/h6,9,12-14H,2-5,7-8,10-11,15-18H2,1H3,(H,33,34)(H,36,37). The van der Waals surface area contributed by atoms with Crippen LogP contribution in [0.2, 0.25) is 0 Å². The van der Waals surface area contributed by atoms with E-state index in [1.54, 1.807) is 10.6 Å². The number of rotatable bonds is 6. The van der Waals surface area contributed by atoms with Crippen LogP contribution in [-0.4, -0.2) is 39.1 Å². The zero-order valence-electron chi connectivity index (χ0n) is 22.3. The highest BCUT2D eigenvalue weighted by Gasteiger charge is 2.28. The van der Waals surface area contributed by atoms with Crippen LogP contribution in [0, 0.1) is 12.7 Å². The highest BCUT2D eigenvalue weighted by Crippen LogP contribution is 2.40. The van der Waals surface area contributed by atoms with Gasteiger partial charge in [-0.2, -0.15) is 5.10 Å². The number of hydrogen-bond donors (Lipinski definition) is 2. The second kappa shape index (κ2) is 10.8. The molecule has 0 amide bonds. The van der Waals surface area contributed by atoms with Gasteiger partial charge in [-0.1, -0.05) is 12.1 Å². The number of carbonyl (C=O) groups is 1. The zero-order valence-corrected chi connectivity index (χ0v) is 22.3. The molecule has 0 atom stereocenters. The lowest BCUT2D eigenvalue weighted by molar-refractivity contribution is 0.0683. The monoisotopic (exact) mass is 531 g/mol. The molecule has 2 aliphatic rings. The van der Waals surface area contributed by atoms with Gasteiger partial charge in [0.1, 0.15) is 17.3 Å². The summed E-state index contributed by atoms with van der Waals surface area (Å²) in [6, 6.07) is 9.45. The van der Waals surface area contributed by atoms with E-state index in [1.165, 1.54) is 30.0 Å². The fourth-order valence-corrected chi connectivity index (χ4v) is 6.33. The third-order valence-electron chi connectivity index (χ3n) is 8.10. The minimum atomic E-state index is -0.999. The Morgan fingerprint density at radius 1 is 1.15 bits per heavy atom. The van der Waals surface area contributed by atoms with Gasteiger partial charge in [0.25, 0.3) is 0 Å². The van der Waals surface area contributed by atoms with Crippen LogP contribution in [0.4, 0.5) is 4.39 Å². The van der Waals surface area contributed by atoms with E-state index >= 15 is 4.39 Å². The Bertz CT molecular complexity index is 1540. The molecular weight excluding hydrogens is 497 g/mol. The summed E-state index contributed by atoms with van der Waals surface area (Å²) in [5.74, 6) is -0.454. The largest absolute Gasteiger partial charge is 0.493 e. The first-order valence-corrected chi connectivity index (χ1v) is 14.0. The minimum absolute atomic E-state index is 0.233. The number of nitrogens with one attached hydrogen (secondary N) is 1. The Morgan fingerprint density at radius 3 is 2.90 bits per heavy atom. The first-order valence-electron chi connectivity index (χ1n) is 14.0. The van der Waals surface area contributed by atoms with Crippen LogP contribution in [0.1, 0.15) is 70.7 Å². The van der Waals surface area contributed by atoms with Gasteiger partial charge in [-0.25, -0.2) is 9.18 Å². The van der Waals surface area contributed by atoms with Crippen molar-refractivity contribution in [3.63, 3.8) is 0 Å².